The highest BCUT2D eigenvalue weighted by atomic mass is 16.2. The predicted molar refractivity (Wildman–Crippen MR) is 89.0 cm³/mol. The van der Waals surface area contributed by atoms with Crippen molar-refractivity contribution >= 4 is 11.8 Å². The third kappa shape index (κ3) is 3.08. The second kappa shape index (κ2) is 5.22. The summed E-state index contributed by atoms with van der Waals surface area (Å²) in [7, 11) is 1.57. The molecule has 120 valence electrons. The van der Waals surface area contributed by atoms with Crippen LogP contribution < -0.4 is 0 Å². The average molecular weight is 301 g/mol. The first-order valence-corrected chi connectivity index (χ1v) is 7.87. The summed E-state index contributed by atoms with van der Waals surface area (Å²) >= 11 is 0. The summed E-state index contributed by atoms with van der Waals surface area (Å²) in [5.74, 6) is -0.509. The van der Waals surface area contributed by atoms with Crippen molar-refractivity contribution in [2.45, 2.75) is 64.7 Å². The lowest BCUT2D eigenvalue weighted by molar-refractivity contribution is -0.137. The van der Waals surface area contributed by atoms with Crippen LogP contribution in [0.15, 0.2) is 18.2 Å². The van der Waals surface area contributed by atoms with Crippen molar-refractivity contribution in [1.29, 1.82) is 0 Å². The van der Waals surface area contributed by atoms with Crippen LogP contribution >= 0.6 is 0 Å². The van der Waals surface area contributed by atoms with E-state index in [-0.39, 0.29) is 35.0 Å². The molecule has 1 aromatic carbocycles. The Hall–Kier alpha value is -1.64. The fourth-order valence-electron chi connectivity index (χ4n) is 2.73. The van der Waals surface area contributed by atoms with Gasteiger partial charge in [0.15, 0.2) is 0 Å². The van der Waals surface area contributed by atoms with Gasteiger partial charge in [-0.15, -0.1) is 0 Å². The zero-order chi connectivity index (χ0) is 16.9. The number of imide groups is 1. The van der Waals surface area contributed by atoms with Crippen molar-refractivity contribution in [1.82, 2.24) is 4.90 Å². The number of likely N-dealkylation sites (tertiary alicyclic amines) is 1. The van der Waals surface area contributed by atoms with E-state index in [4.69, 9.17) is 0 Å². The second-order valence-electron chi connectivity index (χ2n) is 8.39. The van der Waals surface area contributed by atoms with Gasteiger partial charge in [0.25, 0.3) is 0 Å². The van der Waals surface area contributed by atoms with E-state index in [1.165, 1.54) is 16.0 Å². The summed E-state index contributed by atoms with van der Waals surface area (Å²) in [6.45, 7) is 13.0. The summed E-state index contributed by atoms with van der Waals surface area (Å²) in [5, 5.41) is 0. The number of likely N-dealkylation sites (N-methyl/N-ethyl adjacent to an activating group) is 1. The van der Waals surface area contributed by atoms with Gasteiger partial charge in [0.1, 0.15) is 0 Å². The smallest absolute Gasteiger partial charge is 0.236 e. The van der Waals surface area contributed by atoms with E-state index in [0.717, 1.165) is 5.56 Å². The van der Waals surface area contributed by atoms with E-state index >= 15 is 0 Å². The fourth-order valence-corrected chi connectivity index (χ4v) is 2.73. The first-order valence-electron chi connectivity index (χ1n) is 7.87. The maximum atomic E-state index is 12.3. The monoisotopic (exact) mass is 301 g/mol. The van der Waals surface area contributed by atoms with Gasteiger partial charge in [-0.05, 0) is 27.5 Å². The van der Waals surface area contributed by atoms with Crippen LogP contribution in [0.25, 0.3) is 0 Å². The number of nitrogens with zero attached hydrogens (tertiary/aromatic N) is 1. The molecule has 22 heavy (non-hydrogen) atoms. The molecule has 3 nitrogen and oxygen atoms in total. The number of hydrogen-bond acceptors (Lipinski definition) is 2. The van der Waals surface area contributed by atoms with Crippen LogP contribution in [0, 0.1) is 0 Å². The van der Waals surface area contributed by atoms with Crippen LogP contribution in [0.4, 0.5) is 0 Å². The van der Waals surface area contributed by atoms with E-state index in [1.807, 2.05) is 0 Å². The van der Waals surface area contributed by atoms with Gasteiger partial charge in [-0.2, -0.15) is 0 Å². The number of benzene rings is 1. The lowest BCUT2D eigenvalue weighted by Crippen LogP contribution is -2.25. The molecule has 2 amide bonds. The zero-order valence-corrected chi connectivity index (χ0v) is 14.8. The van der Waals surface area contributed by atoms with E-state index in [1.54, 1.807) is 7.05 Å². The van der Waals surface area contributed by atoms with E-state index in [0.29, 0.717) is 0 Å². The Morgan fingerprint density at radius 1 is 0.909 bits per heavy atom. The average Bonchev–Trinajstić information content (AvgIpc) is 2.64. The molecule has 0 radical (unpaired) electrons. The molecule has 0 bridgehead atoms. The minimum absolute atomic E-state index is 0.00751. The molecule has 3 heteroatoms. The molecule has 0 aliphatic carbocycles. The van der Waals surface area contributed by atoms with Gasteiger partial charge in [-0.3, -0.25) is 14.5 Å². The Morgan fingerprint density at radius 2 is 1.36 bits per heavy atom. The standard InChI is InChI=1S/C19H27NO2/c1-18(2,3)13-8-12(9-14(10-13)19(4,5)6)15-11-16(21)20(7)17(15)22/h8-10,15H,11H2,1-7H3. The van der Waals surface area contributed by atoms with E-state index < -0.39 is 0 Å². The van der Waals surface area contributed by atoms with Crippen molar-refractivity contribution in [2.75, 3.05) is 7.05 Å². The van der Waals surface area contributed by atoms with Crippen LogP contribution in [0.2, 0.25) is 0 Å². The van der Waals surface area contributed by atoms with Gasteiger partial charge in [0.2, 0.25) is 11.8 Å². The van der Waals surface area contributed by atoms with Gasteiger partial charge in [0.05, 0.1) is 5.92 Å². The molecule has 2 rings (SSSR count). The largest absolute Gasteiger partial charge is 0.285 e. The molecule has 0 saturated carbocycles. The third-order valence-electron chi connectivity index (χ3n) is 4.47. The third-order valence-corrected chi connectivity index (χ3v) is 4.47. The van der Waals surface area contributed by atoms with Crippen LogP contribution in [-0.4, -0.2) is 23.8 Å². The number of amides is 2. The van der Waals surface area contributed by atoms with Gasteiger partial charge >= 0.3 is 0 Å². The first kappa shape index (κ1) is 16.7. The van der Waals surface area contributed by atoms with E-state index in [9.17, 15) is 9.59 Å². The highest BCUT2D eigenvalue weighted by Gasteiger charge is 2.37. The summed E-state index contributed by atoms with van der Waals surface area (Å²) in [6, 6.07) is 6.43. The van der Waals surface area contributed by atoms with Crippen molar-refractivity contribution < 1.29 is 9.59 Å². The quantitative estimate of drug-likeness (QED) is 0.741. The molecular formula is C19H27NO2. The van der Waals surface area contributed by atoms with Gasteiger partial charge < -0.3 is 0 Å². The van der Waals surface area contributed by atoms with Gasteiger partial charge in [-0.25, -0.2) is 0 Å². The van der Waals surface area contributed by atoms with Crippen LogP contribution in [0.1, 0.15) is 70.6 Å². The first-order chi connectivity index (χ1) is 9.91. The summed E-state index contributed by atoms with van der Waals surface area (Å²) in [4.78, 5) is 25.4. The Kier molecular flexibility index (Phi) is 3.97. The Morgan fingerprint density at radius 3 is 1.68 bits per heavy atom. The lowest BCUT2D eigenvalue weighted by atomic mass is 9.78. The van der Waals surface area contributed by atoms with E-state index in [2.05, 4.69) is 59.7 Å². The van der Waals surface area contributed by atoms with Crippen molar-refractivity contribution in [3.63, 3.8) is 0 Å². The maximum Gasteiger partial charge on any atom is 0.236 e. The molecular weight excluding hydrogens is 274 g/mol. The topological polar surface area (TPSA) is 37.4 Å². The molecule has 1 atom stereocenters. The molecule has 1 aliphatic rings. The SMILES string of the molecule is CN1C(=O)CC(c2cc(C(C)(C)C)cc(C(C)(C)C)c2)C1=O. The van der Waals surface area contributed by atoms with Gasteiger partial charge in [-0.1, -0.05) is 59.7 Å². The number of carbonyl (C=O) groups excluding carboxylic acids is 2. The Balaban J connectivity index is 2.57. The van der Waals surface area contributed by atoms with Gasteiger partial charge in [0, 0.05) is 13.5 Å². The molecule has 0 aromatic heterocycles. The number of rotatable bonds is 1. The molecule has 1 heterocycles. The molecule has 0 N–H and O–H groups in total. The molecule has 0 spiro atoms. The predicted octanol–water partition coefficient (Wildman–Crippen LogP) is 3.75. The van der Waals surface area contributed by atoms with Crippen LogP contribution in [-0.2, 0) is 20.4 Å². The van der Waals surface area contributed by atoms with Crippen LogP contribution in [0.5, 0.6) is 0 Å². The Bertz CT molecular complexity index is 585. The summed E-state index contributed by atoms with van der Waals surface area (Å²) in [6.07, 6.45) is 0.284. The Labute approximate surface area is 133 Å². The lowest BCUT2D eigenvalue weighted by Gasteiger charge is -2.27. The van der Waals surface area contributed by atoms with Crippen molar-refractivity contribution in [3.8, 4) is 0 Å². The molecule has 1 fully saturated rings. The number of carbonyl (C=O) groups is 2. The zero-order valence-electron chi connectivity index (χ0n) is 14.8. The van der Waals surface area contributed by atoms with Crippen LogP contribution in [0.3, 0.4) is 0 Å². The molecule has 1 aromatic rings. The second-order valence-corrected chi connectivity index (χ2v) is 8.39. The normalized spacial score (nSPS) is 20.0. The molecule has 1 aliphatic heterocycles. The van der Waals surface area contributed by atoms with Crippen molar-refractivity contribution in [3.05, 3.63) is 34.9 Å². The summed E-state index contributed by atoms with van der Waals surface area (Å²) in [5.41, 5.74) is 3.41. The highest BCUT2D eigenvalue weighted by Crippen LogP contribution is 2.36. The minimum Gasteiger partial charge on any atom is -0.285 e. The summed E-state index contributed by atoms with van der Waals surface area (Å²) < 4.78 is 0. The molecule has 1 unspecified atom stereocenters. The minimum atomic E-state index is -0.333. The van der Waals surface area contributed by atoms with Crippen molar-refractivity contribution in [2.24, 2.45) is 0 Å². The molecule has 1 saturated heterocycles. The maximum absolute atomic E-state index is 12.3. The fraction of sp³-hybridized carbons (Fsp3) is 0.579. The number of hydrogen-bond donors (Lipinski definition) is 0. The highest BCUT2D eigenvalue weighted by molar-refractivity contribution is 6.05.